The fourth-order valence-corrected chi connectivity index (χ4v) is 0.976. The van der Waals surface area contributed by atoms with Gasteiger partial charge in [-0.2, -0.15) is 0 Å². The lowest BCUT2D eigenvalue weighted by atomic mass is 9.97. The Bertz CT molecular complexity index is 280. The molecule has 0 rings (SSSR count). The highest BCUT2D eigenvalue weighted by atomic mass is 16.6. The maximum atomic E-state index is 11.6. The molecule has 5 nitrogen and oxygen atoms in total. The molecule has 2 unspecified atom stereocenters. The average Bonchev–Trinajstić information content (AvgIpc) is 2.22. The second-order valence-electron chi connectivity index (χ2n) is 5.41. The highest BCUT2D eigenvalue weighted by molar-refractivity contribution is 5.75. The van der Waals surface area contributed by atoms with Crippen molar-refractivity contribution in [1.29, 1.82) is 0 Å². The lowest BCUT2D eigenvalue weighted by Crippen LogP contribution is -2.30. The third kappa shape index (κ3) is 8.06. The van der Waals surface area contributed by atoms with E-state index in [1.54, 1.807) is 34.6 Å². The highest BCUT2D eigenvalue weighted by Gasteiger charge is 2.25. The molecule has 18 heavy (non-hydrogen) atoms. The quantitative estimate of drug-likeness (QED) is 0.683. The summed E-state index contributed by atoms with van der Waals surface area (Å²) in [7, 11) is 0. The van der Waals surface area contributed by atoms with Gasteiger partial charge < -0.3 is 14.2 Å². The molecule has 0 aliphatic rings. The van der Waals surface area contributed by atoms with Gasteiger partial charge in [-0.25, -0.2) is 0 Å². The average molecular weight is 260 g/mol. The van der Waals surface area contributed by atoms with E-state index in [1.165, 1.54) is 6.92 Å². The van der Waals surface area contributed by atoms with Crippen molar-refractivity contribution in [3.8, 4) is 0 Å². The number of esters is 2. The van der Waals surface area contributed by atoms with Crippen molar-refractivity contribution in [1.82, 2.24) is 0 Å². The van der Waals surface area contributed by atoms with E-state index in [0.717, 1.165) is 0 Å². The molecule has 0 aromatic heterocycles. The van der Waals surface area contributed by atoms with Crippen molar-refractivity contribution in [2.24, 2.45) is 5.41 Å². The lowest BCUT2D eigenvalue weighted by molar-refractivity contribution is -0.162. The summed E-state index contributed by atoms with van der Waals surface area (Å²) in [5.74, 6) is -0.594. The standard InChI is InChI=1S/C13H24O5/c1-9(7-17-11(3)14)16-8-10(2)18-12(15)13(4,5)6/h9-10H,7-8H2,1-6H3. The zero-order valence-corrected chi connectivity index (χ0v) is 12.1. The lowest BCUT2D eigenvalue weighted by Gasteiger charge is -2.22. The summed E-state index contributed by atoms with van der Waals surface area (Å²) in [5, 5.41) is 0. The van der Waals surface area contributed by atoms with Gasteiger partial charge in [0.05, 0.1) is 18.1 Å². The molecule has 0 aromatic carbocycles. The van der Waals surface area contributed by atoms with Gasteiger partial charge in [0.1, 0.15) is 12.7 Å². The van der Waals surface area contributed by atoms with Crippen LogP contribution in [0.2, 0.25) is 0 Å². The summed E-state index contributed by atoms with van der Waals surface area (Å²) in [6, 6.07) is 0. The molecule has 0 bridgehead atoms. The van der Waals surface area contributed by atoms with Crippen LogP contribution in [0.25, 0.3) is 0 Å². The SMILES string of the molecule is CC(=O)OCC(C)OCC(C)OC(=O)C(C)(C)C. The van der Waals surface area contributed by atoms with Crippen LogP contribution in [0.5, 0.6) is 0 Å². The zero-order chi connectivity index (χ0) is 14.3. The monoisotopic (exact) mass is 260 g/mol. The minimum Gasteiger partial charge on any atom is -0.463 e. The Balaban J connectivity index is 3.86. The summed E-state index contributed by atoms with van der Waals surface area (Å²) in [4.78, 5) is 22.2. The first-order chi connectivity index (χ1) is 8.12. The second-order valence-corrected chi connectivity index (χ2v) is 5.41. The molecule has 2 atom stereocenters. The van der Waals surface area contributed by atoms with Gasteiger partial charge >= 0.3 is 11.9 Å². The van der Waals surface area contributed by atoms with Gasteiger partial charge in [0, 0.05) is 6.92 Å². The Morgan fingerprint density at radius 3 is 2.06 bits per heavy atom. The number of rotatable bonds is 6. The van der Waals surface area contributed by atoms with Crippen LogP contribution in [-0.2, 0) is 23.8 Å². The van der Waals surface area contributed by atoms with Crippen LogP contribution in [0.1, 0.15) is 41.5 Å². The zero-order valence-electron chi connectivity index (χ0n) is 12.1. The number of hydrogen-bond donors (Lipinski definition) is 0. The van der Waals surface area contributed by atoms with Gasteiger partial charge in [-0.15, -0.1) is 0 Å². The first-order valence-corrected chi connectivity index (χ1v) is 6.09. The molecule has 0 radical (unpaired) electrons. The molecule has 0 N–H and O–H groups in total. The smallest absolute Gasteiger partial charge is 0.311 e. The molecule has 0 spiro atoms. The van der Waals surface area contributed by atoms with Crippen molar-refractivity contribution < 1.29 is 23.8 Å². The molecule has 0 heterocycles. The van der Waals surface area contributed by atoms with Crippen molar-refractivity contribution in [3.63, 3.8) is 0 Å². The Morgan fingerprint density at radius 1 is 1.06 bits per heavy atom. The largest absolute Gasteiger partial charge is 0.463 e. The summed E-state index contributed by atoms with van der Waals surface area (Å²) < 4.78 is 15.4. The number of ether oxygens (including phenoxy) is 3. The van der Waals surface area contributed by atoms with Gasteiger partial charge in [-0.3, -0.25) is 9.59 Å². The molecule has 0 amide bonds. The number of carbonyl (C=O) groups is 2. The van der Waals surface area contributed by atoms with E-state index in [4.69, 9.17) is 14.2 Å². The first kappa shape index (κ1) is 16.9. The minimum atomic E-state index is -0.516. The van der Waals surface area contributed by atoms with Gasteiger partial charge in [0.15, 0.2) is 0 Å². The van der Waals surface area contributed by atoms with Crippen LogP contribution in [-0.4, -0.2) is 37.4 Å². The molecule has 0 aliphatic heterocycles. The summed E-state index contributed by atoms with van der Waals surface area (Å²) in [5.41, 5.74) is -0.516. The molecule has 0 aromatic rings. The molecular weight excluding hydrogens is 236 g/mol. The molecule has 106 valence electrons. The molecule has 0 saturated carbocycles. The molecule has 0 aliphatic carbocycles. The summed E-state index contributed by atoms with van der Waals surface area (Å²) in [6.45, 7) is 10.8. The van der Waals surface area contributed by atoms with Gasteiger partial charge in [-0.1, -0.05) is 0 Å². The van der Waals surface area contributed by atoms with Crippen molar-refractivity contribution in [2.75, 3.05) is 13.2 Å². The fourth-order valence-electron chi connectivity index (χ4n) is 0.976. The summed E-state index contributed by atoms with van der Waals surface area (Å²) in [6.07, 6.45) is -0.541. The number of carbonyl (C=O) groups excluding carboxylic acids is 2. The van der Waals surface area contributed by atoms with E-state index in [2.05, 4.69) is 0 Å². The van der Waals surface area contributed by atoms with E-state index in [-0.39, 0.29) is 37.4 Å². The highest BCUT2D eigenvalue weighted by Crippen LogP contribution is 2.16. The maximum Gasteiger partial charge on any atom is 0.311 e. The van der Waals surface area contributed by atoms with Crippen LogP contribution < -0.4 is 0 Å². The van der Waals surface area contributed by atoms with E-state index in [0.29, 0.717) is 0 Å². The fraction of sp³-hybridized carbons (Fsp3) is 0.846. The van der Waals surface area contributed by atoms with E-state index >= 15 is 0 Å². The molecule has 0 fully saturated rings. The van der Waals surface area contributed by atoms with E-state index in [1.807, 2.05) is 0 Å². The van der Waals surface area contributed by atoms with Crippen LogP contribution in [0.15, 0.2) is 0 Å². The Labute approximate surface area is 109 Å². The van der Waals surface area contributed by atoms with Gasteiger partial charge in [-0.05, 0) is 34.6 Å². The topological polar surface area (TPSA) is 61.8 Å². The van der Waals surface area contributed by atoms with E-state index in [9.17, 15) is 9.59 Å². The summed E-state index contributed by atoms with van der Waals surface area (Å²) >= 11 is 0. The van der Waals surface area contributed by atoms with Crippen molar-refractivity contribution >= 4 is 11.9 Å². The Hall–Kier alpha value is -1.10. The van der Waals surface area contributed by atoms with Gasteiger partial charge in [0.2, 0.25) is 0 Å². The molecule has 0 saturated heterocycles. The Morgan fingerprint density at radius 2 is 1.61 bits per heavy atom. The van der Waals surface area contributed by atoms with Crippen LogP contribution in [0, 0.1) is 5.41 Å². The van der Waals surface area contributed by atoms with Crippen LogP contribution >= 0.6 is 0 Å². The molecule has 5 heteroatoms. The predicted octanol–water partition coefficient (Wildman–Crippen LogP) is 1.93. The van der Waals surface area contributed by atoms with Crippen molar-refractivity contribution in [3.05, 3.63) is 0 Å². The van der Waals surface area contributed by atoms with Gasteiger partial charge in [0.25, 0.3) is 0 Å². The predicted molar refractivity (Wildman–Crippen MR) is 67.1 cm³/mol. The molecular formula is C13H24O5. The van der Waals surface area contributed by atoms with Crippen LogP contribution in [0.3, 0.4) is 0 Å². The minimum absolute atomic E-state index is 0.204. The second kappa shape index (κ2) is 7.36. The maximum absolute atomic E-state index is 11.6. The third-order valence-corrected chi connectivity index (χ3v) is 2.06. The first-order valence-electron chi connectivity index (χ1n) is 6.09. The Kier molecular flexibility index (Phi) is 6.91. The normalized spacial score (nSPS) is 14.8. The third-order valence-electron chi connectivity index (χ3n) is 2.06. The van der Waals surface area contributed by atoms with Crippen LogP contribution in [0.4, 0.5) is 0 Å². The number of hydrogen-bond acceptors (Lipinski definition) is 5. The van der Waals surface area contributed by atoms with E-state index < -0.39 is 5.41 Å². The van der Waals surface area contributed by atoms with Crippen molar-refractivity contribution in [2.45, 2.75) is 53.8 Å².